The van der Waals surface area contributed by atoms with Crippen LogP contribution in [-0.2, 0) is 4.79 Å². The summed E-state index contributed by atoms with van der Waals surface area (Å²) in [5, 5.41) is 5.59. The fourth-order valence-corrected chi connectivity index (χ4v) is 2.91. The van der Waals surface area contributed by atoms with Crippen LogP contribution in [0.25, 0.3) is 0 Å². The third-order valence-corrected chi connectivity index (χ3v) is 4.12. The summed E-state index contributed by atoms with van der Waals surface area (Å²) in [7, 11) is 0. The van der Waals surface area contributed by atoms with Crippen molar-refractivity contribution in [2.75, 3.05) is 11.9 Å². The second-order valence-corrected chi connectivity index (χ2v) is 5.71. The normalized spacial score (nSPS) is 15.9. The van der Waals surface area contributed by atoms with Gasteiger partial charge in [-0.25, -0.2) is 4.39 Å². The summed E-state index contributed by atoms with van der Waals surface area (Å²) in [4.78, 5) is 24.0. The Kier molecular flexibility index (Phi) is 4.30. The van der Waals surface area contributed by atoms with Crippen LogP contribution in [0.15, 0.2) is 42.5 Å². The fraction of sp³-hybridized carbons (Fsp3) is 0.176. The average molecular weight is 333 g/mol. The van der Waals surface area contributed by atoms with E-state index in [1.165, 1.54) is 12.1 Å². The van der Waals surface area contributed by atoms with Crippen LogP contribution in [0.1, 0.15) is 28.3 Å². The van der Waals surface area contributed by atoms with Crippen LogP contribution >= 0.6 is 11.6 Å². The van der Waals surface area contributed by atoms with Crippen molar-refractivity contribution in [3.63, 3.8) is 0 Å². The van der Waals surface area contributed by atoms with Crippen LogP contribution in [0.5, 0.6) is 0 Å². The monoisotopic (exact) mass is 332 g/mol. The van der Waals surface area contributed by atoms with E-state index in [2.05, 4.69) is 10.6 Å². The minimum atomic E-state index is -0.495. The Hall–Kier alpha value is -2.40. The first-order chi connectivity index (χ1) is 11.1. The maximum absolute atomic E-state index is 13.0. The first kappa shape index (κ1) is 15.5. The lowest BCUT2D eigenvalue weighted by Crippen LogP contribution is -2.27. The van der Waals surface area contributed by atoms with E-state index in [4.69, 9.17) is 11.6 Å². The number of carbonyl (C=O) groups excluding carboxylic acids is 2. The number of hydrogen-bond donors (Lipinski definition) is 2. The summed E-state index contributed by atoms with van der Waals surface area (Å²) in [5.41, 5.74) is 1.96. The standard InChI is InChI=1S/C17H14ClFN2O2/c18-14-9-10(19)5-6-13(14)16(22)20-8-7-12-11-3-1-2-4-15(11)21-17(12)23/h1-6,9,12H,7-8H2,(H,20,22)(H,21,23). The predicted molar refractivity (Wildman–Crippen MR) is 86.2 cm³/mol. The number of amides is 2. The predicted octanol–water partition coefficient (Wildman–Crippen LogP) is 3.33. The molecule has 0 saturated heterocycles. The number of benzene rings is 2. The van der Waals surface area contributed by atoms with Crippen molar-refractivity contribution in [1.82, 2.24) is 5.32 Å². The molecule has 2 N–H and O–H groups in total. The zero-order valence-electron chi connectivity index (χ0n) is 12.1. The number of nitrogens with one attached hydrogen (secondary N) is 2. The highest BCUT2D eigenvalue weighted by atomic mass is 35.5. The largest absolute Gasteiger partial charge is 0.352 e. The number of para-hydroxylation sites is 1. The van der Waals surface area contributed by atoms with Gasteiger partial charge in [-0.05, 0) is 36.2 Å². The lowest BCUT2D eigenvalue weighted by atomic mass is 9.97. The van der Waals surface area contributed by atoms with Crippen molar-refractivity contribution >= 4 is 29.1 Å². The van der Waals surface area contributed by atoms with Crippen LogP contribution in [0.4, 0.5) is 10.1 Å². The first-order valence-corrected chi connectivity index (χ1v) is 7.57. The molecule has 1 aliphatic rings. The highest BCUT2D eigenvalue weighted by Gasteiger charge is 2.29. The molecule has 6 heteroatoms. The van der Waals surface area contributed by atoms with Gasteiger partial charge in [0.05, 0.1) is 16.5 Å². The van der Waals surface area contributed by atoms with E-state index < -0.39 is 5.82 Å². The number of carbonyl (C=O) groups is 2. The van der Waals surface area contributed by atoms with E-state index in [0.717, 1.165) is 17.3 Å². The van der Waals surface area contributed by atoms with Gasteiger partial charge in [0.25, 0.3) is 5.91 Å². The van der Waals surface area contributed by atoms with E-state index in [-0.39, 0.29) is 28.3 Å². The molecule has 2 aromatic rings. The highest BCUT2D eigenvalue weighted by Crippen LogP contribution is 2.33. The van der Waals surface area contributed by atoms with E-state index in [1.54, 1.807) is 0 Å². The van der Waals surface area contributed by atoms with Crippen molar-refractivity contribution in [1.29, 1.82) is 0 Å². The molecule has 1 aliphatic heterocycles. The number of hydrogen-bond acceptors (Lipinski definition) is 2. The van der Waals surface area contributed by atoms with Gasteiger partial charge in [0, 0.05) is 12.2 Å². The Bertz CT molecular complexity index is 779. The van der Waals surface area contributed by atoms with Gasteiger partial charge in [-0.2, -0.15) is 0 Å². The molecule has 0 saturated carbocycles. The second-order valence-electron chi connectivity index (χ2n) is 5.30. The summed E-state index contributed by atoms with van der Waals surface area (Å²) < 4.78 is 13.0. The van der Waals surface area contributed by atoms with Gasteiger partial charge in [0.15, 0.2) is 0 Å². The number of fused-ring (bicyclic) bond motifs is 1. The second kappa shape index (κ2) is 6.38. The third kappa shape index (κ3) is 3.19. The van der Waals surface area contributed by atoms with Gasteiger partial charge in [-0.1, -0.05) is 29.8 Å². The topological polar surface area (TPSA) is 58.2 Å². The highest BCUT2D eigenvalue weighted by molar-refractivity contribution is 6.33. The Morgan fingerprint density at radius 2 is 2.04 bits per heavy atom. The van der Waals surface area contributed by atoms with Crippen molar-refractivity contribution in [2.24, 2.45) is 0 Å². The summed E-state index contributed by atoms with van der Waals surface area (Å²) >= 11 is 5.86. The minimum Gasteiger partial charge on any atom is -0.352 e. The molecule has 2 aromatic carbocycles. The molecular formula is C17H14ClFN2O2. The third-order valence-electron chi connectivity index (χ3n) is 3.80. The van der Waals surface area contributed by atoms with Crippen LogP contribution < -0.4 is 10.6 Å². The molecule has 0 bridgehead atoms. The van der Waals surface area contributed by atoms with E-state index in [9.17, 15) is 14.0 Å². The van der Waals surface area contributed by atoms with Gasteiger partial charge >= 0.3 is 0 Å². The van der Waals surface area contributed by atoms with Crippen molar-refractivity contribution in [3.05, 3.63) is 64.4 Å². The van der Waals surface area contributed by atoms with Crippen molar-refractivity contribution in [3.8, 4) is 0 Å². The molecule has 23 heavy (non-hydrogen) atoms. The lowest BCUT2D eigenvalue weighted by molar-refractivity contribution is -0.117. The molecule has 2 amide bonds. The Morgan fingerprint density at radius 3 is 2.83 bits per heavy atom. The average Bonchev–Trinajstić information content (AvgIpc) is 2.83. The molecule has 0 aliphatic carbocycles. The Morgan fingerprint density at radius 1 is 1.26 bits per heavy atom. The van der Waals surface area contributed by atoms with Gasteiger partial charge in [0.2, 0.25) is 5.91 Å². The van der Waals surface area contributed by atoms with Crippen LogP contribution in [0, 0.1) is 5.82 Å². The Labute approximate surface area is 137 Å². The molecule has 1 heterocycles. The lowest BCUT2D eigenvalue weighted by Gasteiger charge is -2.10. The molecule has 1 atom stereocenters. The smallest absolute Gasteiger partial charge is 0.252 e. The molecule has 0 radical (unpaired) electrons. The van der Waals surface area contributed by atoms with Gasteiger partial charge in [-0.15, -0.1) is 0 Å². The van der Waals surface area contributed by atoms with Gasteiger partial charge in [-0.3, -0.25) is 9.59 Å². The van der Waals surface area contributed by atoms with Crippen molar-refractivity contribution in [2.45, 2.75) is 12.3 Å². The van der Waals surface area contributed by atoms with E-state index >= 15 is 0 Å². The van der Waals surface area contributed by atoms with E-state index in [0.29, 0.717) is 13.0 Å². The number of halogens is 2. The first-order valence-electron chi connectivity index (χ1n) is 7.19. The quantitative estimate of drug-likeness (QED) is 0.902. The zero-order chi connectivity index (χ0) is 16.4. The summed E-state index contributed by atoms with van der Waals surface area (Å²) in [6, 6.07) is 11.1. The summed E-state index contributed by atoms with van der Waals surface area (Å²) in [6.45, 7) is 0.318. The molecule has 0 aromatic heterocycles. The van der Waals surface area contributed by atoms with Gasteiger partial charge < -0.3 is 10.6 Å². The molecule has 3 rings (SSSR count). The summed E-state index contributed by atoms with van der Waals surface area (Å²) in [5.74, 6) is -1.23. The number of rotatable bonds is 4. The van der Waals surface area contributed by atoms with Gasteiger partial charge in [0.1, 0.15) is 5.82 Å². The molecule has 0 spiro atoms. The fourth-order valence-electron chi connectivity index (χ4n) is 2.66. The maximum Gasteiger partial charge on any atom is 0.252 e. The summed E-state index contributed by atoms with van der Waals surface area (Å²) in [6.07, 6.45) is 0.480. The van der Waals surface area contributed by atoms with Crippen LogP contribution in [0.3, 0.4) is 0 Å². The van der Waals surface area contributed by atoms with E-state index in [1.807, 2.05) is 24.3 Å². The number of anilines is 1. The van der Waals surface area contributed by atoms with Crippen LogP contribution in [0.2, 0.25) is 5.02 Å². The molecule has 1 unspecified atom stereocenters. The Balaban J connectivity index is 1.61. The molecule has 4 nitrogen and oxygen atoms in total. The van der Waals surface area contributed by atoms with Crippen molar-refractivity contribution < 1.29 is 14.0 Å². The zero-order valence-corrected chi connectivity index (χ0v) is 12.9. The maximum atomic E-state index is 13.0. The molecule has 0 fully saturated rings. The SMILES string of the molecule is O=C(NCCC1C(=O)Nc2ccccc21)c1ccc(F)cc1Cl. The molecular weight excluding hydrogens is 319 g/mol. The van der Waals surface area contributed by atoms with Crippen LogP contribution in [-0.4, -0.2) is 18.4 Å². The minimum absolute atomic E-state index is 0.0615. The molecule has 118 valence electrons.